The Balaban J connectivity index is 2.89. The first kappa shape index (κ1) is 13.8. The van der Waals surface area contributed by atoms with Gasteiger partial charge in [0, 0.05) is 5.03 Å². The standard InChI is InChI=1S/C13H12Cl2O2/c1-17-13(16)11(9-14)7-8-12(15)10-5-3-2-4-6-10/h2-8H,9H2,1H3/b11-7+,12-8-. The summed E-state index contributed by atoms with van der Waals surface area (Å²) in [6.45, 7) is 0. The van der Waals surface area contributed by atoms with Crippen LogP contribution in [0.3, 0.4) is 0 Å². The molecule has 0 aromatic heterocycles. The number of hydrogen-bond donors (Lipinski definition) is 0. The van der Waals surface area contributed by atoms with Crippen LogP contribution in [-0.4, -0.2) is 19.0 Å². The van der Waals surface area contributed by atoms with E-state index >= 15 is 0 Å². The van der Waals surface area contributed by atoms with Crippen molar-refractivity contribution in [2.45, 2.75) is 0 Å². The molecule has 0 fully saturated rings. The van der Waals surface area contributed by atoms with Crippen molar-refractivity contribution in [2.24, 2.45) is 0 Å². The first-order chi connectivity index (χ1) is 8.19. The van der Waals surface area contributed by atoms with E-state index in [1.54, 1.807) is 12.2 Å². The molecule has 0 heterocycles. The van der Waals surface area contributed by atoms with Gasteiger partial charge in [-0.05, 0) is 17.7 Å². The summed E-state index contributed by atoms with van der Waals surface area (Å²) in [5, 5.41) is 0.539. The van der Waals surface area contributed by atoms with Gasteiger partial charge in [-0.1, -0.05) is 41.9 Å². The third kappa shape index (κ3) is 4.25. The summed E-state index contributed by atoms with van der Waals surface area (Å²) < 4.78 is 4.58. The lowest BCUT2D eigenvalue weighted by Crippen LogP contribution is -2.05. The molecule has 0 aliphatic rings. The monoisotopic (exact) mass is 270 g/mol. The van der Waals surface area contributed by atoms with Crippen molar-refractivity contribution in [3.63, 3.8) is 0 Å². The molecule has 0 unspecified atom stereocenters. The van der Waals surface area contributed by atoms with Crippen LogP contribution in [0.2, 0.25) is 0 Å². The molecule has 1 aromatic rings. The zero-order chi connectivity index (χ0) is 12.7. The zero-order valence-corrected chi connectivity index (χ0v) is 10.8. The second kappa shape index (κ2) is 7.15. The van der Waals surface area contributed by atoms with Crippen LogP contribution in [-0.2, 0) is 9.53 Å². The number of carbonyl (C=O) groups excluding carboxylic acids is 1. The van der Waals surface area contributed by atoms with Crippen molar-refractivity contribution in [2.75, 3.05) is 13.0 Å². The minimum absolute atomic E-state index is 0.0854. The Labute approximate surface area is 110 Å². The number of carbonyl (C=O) groups is 1. The van der Waals surface area contributed by atoms with Crippen LogP contribution >= 0.6 is 23.2 Å². The van der Waals surface area contributed by atoms with Crippen molar-refractivity contribution in [3.8, 4) is 0 Å². The van der Waals surface area contributed by atoms with Crippen LogP contribution in [0.25, 0.3) is 5.03 Å². The summed E-state index contributed by atoms with van der Waals surface area (Å²) in [5.41, 5.74) is 1.24. The van der Waals surface area contributed by atoms with Crippen LogP contribution < -0.4 is 0 Å². The molecular formula is C13H12Cl2O2. The van der Waals surface area contributed by atoms with Gasteiger partial charge in [0.1, 0.15) is 0 Å². The topological polar surface area (TPSA) is 26.3 Å². The van der Waals surface area contributed by atoms with E-state index in [0.29, 0.717) is 10.6 Å². The molecule has 0 radical (unpaired) electrons. The minimum Gasteiger partial charge on any atom is -0.466 e. The van der Waals surface area contributed by atoms with Crippen molar-refractivity contribution in [3.05, 3.63) is 53.6 Å². The normalized spacial score (nSPS) is 12.4. The largest absolute Gasteiger partial charge is 0.466 e. The average molecular weight is 271 g/mol. The van der Waals surface area contributed by atoms with E-state index in [-0.39, 0.29) is 5.88 Å². The third-order valence-electron chi connectivity index (χ3n) is 2.07. The summed E-state index contributed by atoms with van der Waals surface area (Å²) in [6, 6.07) is 9.44. The Morgan fingerprint density at radius 1 is 1.29 bits per heavy atom. The fourth-order valence-electron chi connectivity index (χ4n) is 1.17. The van der Waals surface area contributed by atoms with Gasteiger partial charge in [0.25, 0.3) is 0 Å². The maximum Gasteiger partial charge on any atom is 0.334 e. The van der Waals surface area contributed by atoms with Gasteiger partial charge in [-0.25, -0.2) is 4.79 Å². The molecule has 0 saturated heterocycles. The molecule has 4 heteroatoms. The van der Waals surface area contributed by atoms with E-state index in [1.165, 1.54) is 7.11 Å². The second-order valence-electron chi connectivity index (χ2n) is 3.20. The number of ether oxygens (including phenoxy) is 1. The fraction of sp³-hybridized carbons (Fsp3) is 0.154. The smallest absolute Gasteiger partial charge is 0.334 e. The van der Waals surface area contributed by atoms with Crippen molar-refractivity contribution in [1.29, 1.82) is 0 Å². The molecule has 0 N–H and O–H groups in total. The van der Waals surface area contributed by atoms with E-state index in [2.05, 4.69) is 4.74 Å². The lowest BCUT2D eigenvalue weighted by Gasteiger charge is -2.00. The van der Waals surface area contributed by atoms with Gasteiger partial charge in [-0.2, -0.15) is 0 Å². The summed E-state index contributed by atoms with van der Waals surface area (Å²) in [6.07, 6.45) is 3.19. The molecule has 0 spiro atoms. The van der Waals surface area contributed by atoms with Gasteiger partial charge in [0.2, 0.25) is 0 Å². The van der Waals surface area contributed by atoms with E-state index in [1.807, 2.05) is 30.3 Å². The molecule has 0 saturated carbocycles. The predicted molar refractivity (Wildman–Crippen MR) is 71.1 cm³/mol. The number of hydrogen-bond acceptors (Lipinski definition) is 2. The number of esters is 1. The van der Waals surface area contributed by atoms with Crippen molar-refractivity contribution >= 4 is 34.2 Å². The molecule has 1 aromatic carbocycles. The summed E-state index contributed by atoms with van der Waals surface area (Å²) in [4.78, 5) is 11.2. The highest BCUT2D eigenvalue weighted by Gasteiger charge is 2.06. The fourth-order valence-corrected chi connectivity index (χ4v) is 1.55. The first-order valence-corrected chi connectivity index (χ1v) is 5.86. The number of alkyl halides is 1. The molecule has 0 bridgehead atoms. The second-order valence-corrected chi connectivity index (χ2v) is 3.87. The molecule has 1 rings (SSSR count). The molecule has 0 aliphatic heterocycles. The number of benzene rings is 1. The lowest BCUT2D eigenvalue weighted by molar-refractivity contribution is -0.135. The molecule has 0 aliphatic carbocycles. The van der Waals surface area contributed by atoms with Crippen LogP contribution in [0.4, 0.5) is 0 Å². The van der Waals surface area contributed by atoms with E-state index in [9.17, 15) is 4.79 Å². The molecule has 17 heavy (non-hydrogen) atoms. The highest BCUT2D eigenvalue weighted by Crippen LogP contribution is 2.18. The number of methoxy groups -OCH3 is 1. The van der Waals surface area contributed by atoms with E-state index in [4.69, 9.17) is 23.2 Å². The van der Waals surface area contributed by atoms with E-state index in [0.717, 1.165) is 5.56 Å². The first-order valence-electron chi connectivity index (χ1n) is 4.95. The van der Waals surface area contributed by atoms with E-state index < -0.39 is 5.97 Å². The Kier molecular flexibility index (Phi) is 5.81. The van der Waals surface area contributed by atoms with Gasteiger partial charge >= 0.3 is 5.97 Å². The lowest BCUT2D eigenvalue weighted by atomic mass is 10.2. The summed E-state index contributed by atoms with van der Waals surface area (Å²) in [5.74, 6) is -0.365. The molecule has 0 amide bonds. The minimum atomic E-state index is -0.450. The molecule has 90 valence electrons. The summed E-state index contributed by atoms with van der Waals surface area (Å²) in [7, 11) is 1.31. The Morgan fingerprint density at radius 2 is 1.94 bits per heavy atom. The van der Waals surface area contributed by atoms with Gasteiger partial charge in [0.15, 0.2) is 0 Å². The SMILES string of the molecule is COC(=O)/C(=C/C=C(\Cl)c1ccccc1)CCl. The van der Waals surface area contributed by atoms with Crippen LogP contribution in [0.5, 0.6) is 0 Å². The third-order valence-corrected chi connectivity index (χ3v) is 2.70. The number of halogens is 2. The summed E-state index contributed by atoms with van der Waals surface area (Å²) >= 11 is 11.7. The Morgan fingerprint density at radius 3 is 2.47 bits per heavy atom. The Bertz CT molecular complexity index is 436. The maximum atomic E-state index is 11.2. The quantitative estimate of drug-likeness (QED) is 0.362. The van der Waals surface area contributed by atoms with Crippen LogP contribution in [0.15, 0.2) is 48.1 Å². The zero-order valence-electron chi connectivity index (χ0n) is 9.32. The molecule has 2 nitrogen and oxygen atoms in total. The van der Waals surface area contributed by atoms with Crippen LogP contribution in [0.1, 0.15) is 5.56 Å². The van der Waals surface area contributed by atoms with Crippen molar-refractivity contribution in [1.82, 2.24) is 0 Å². The number of allylic oxidation sites excluding steroid dienone is 2. The van der Waals surface area contributed by atoms with Crippen molar-refractivity contribution < 1.29 is 9.53 Å². The van der Waals surface area contributed by atoms with Gasteiger partial charge in [-0.15, -0.1) is 11.6 Å². The number of rotatable bonds is 4. The molecular weight excluding hydrogens is 259 g/mol. The van der Waals surface area contributed by atoms with Gasteiger partial charge in [-0.3, -0.25) is 0 Å². The van der Waals surface area contributed by atoms with Gasteiger partial charge in [0.05, 0.1) is 18.6 Å². The predicted octanol–water partition coefficient (Wildman–Crippen LogP) is 3.60. The maximum absolute atomic E-state index is 11.2. The van der Waals surface area contributed by atoms with Gasteiger partial charge < -0.3 is 4.74 Å². The highest BCUT2D eigenvalue weighted by molar-refractivity contribution is 6.48. The average Bonchev–Trinajstić information content (AvgIpc) is 2.39. The Hall–Kier alpha value is -1.25. The van der Waals surface area contributed by atoms with Crippen LogP contribution in [0, 0.1) is 0 Å². The highest BCUT2D eigenvalue weighted by atomic mass is 35.5. The molecule has 0 atom stereocenters.